The molecule has 1 fully saturated rings. The molecule has 1 aliphatic carbocycles. The predicted molar refractivity (Wildman–Crippen MR) is 87.3 cm³/mol. The summed E-state index contributed by atoms with van der Waals surface area (Å²) in [5, 5.41) is 0. The summed E-state index contributed by atoms with van der Waals surface area (Å²) in [5.74, 6) is 2.24. The average Bonchev–Trinajstić information content (AvgIpc) is 2.54. The number of hydrogen-bond donors (Lipinski definition) is 0. The van der Waals surface area contributed by atoms with Gasteiger partial charge in [0.05, 0.1) is 0 Å². The summed E-state index contributed by atoms with van der Waals surface area (Å²) in [4.78, 5) is 0. The summed E-state index contributed by atoms with van der Waals surface area (Å²) < 4.78 is 5.93. The van der Waals surface area contributed by atoms with Crippen LogP contribution < -0.4 is 4.74 Å². The van der Waals surface area contributed by atoms with Crippen molar-refractivity contribution in [3.63, 3.8) is 0 Å². The van der Waals surface area contributed by atoms with Crippen molar-refractivity contribution in [1.29, 1.82) is 0 Å². The summed E-state index contributed by atoms with van der Waals surface area (Å²) in [7, 11) is 0. The first-order valence-corrected chi connectivity index (χ1v) is 7.91. The van der Waals surface area contributed by atoms with Crippen molar-refractivity contribution < 1.29 is 4.74 Å². The van der Waals surface area contributed by atoms with E-state index < -0.39 is 0 Å². The third kappa shape index (κ3) is 3.87. The molecule has 1 nitrogen and oxygen atoms in total. The number of rotatable bonds is 4. The number of ether oxygens (including phenoxy) is 1. The highest BCUT2D eigenvalue weighted by Gasteiger charge is 2.20. The summed E-state index contributed by atoms with van der Waals surface area (Å²) in [6.45, 7) is 4.87. The largest absolute Gasteiger partial charge is 0.489 e. The van der Waals surface area contributed by atoms with Crippen molar-refractivity contribution in [3.05, 3.63) is 72.6 Å². The van der Waals surface area contributed by atoms with Crippen LogP contribution >= 0.6 is 0 Å². The highest BCUT2D eigenvalue weighted by molar-refractivity contribution is 5.31. The summed E-state index contributed by atoms with van der Waals surface area (Å²) in [6, 6.07) is 18.9. The van der Waals surface area contributed by atoms with Gasteiger partial charge in [-0.05, 0) is 47.9 Å². The fourth-order valence-corrected chi connectivity index (χ4v) is 3.19. The molecule has 109 valence electrons. The Morgan fingerprint density at radius 2 is 1.86 bits per heavy atom. The molecule has 1 heteroatoms. The van der Waals surface area contributed by atoms with E-state index in [1.54, 1.807) is 0 Å². The van der Waals surface area contributed by atoms with E-state index in [0.29, 0.717) is 18.4 Å². The van der Waals surface area contributed by atoms with Crippen molar-refractivity contribution in [1.82, 2.24) is 0 Å². The first kappa shape index (κ1) is 14.2. The highest BCUT2D eigenvalue weighted by Crippen LogP contribution is 2.36. The second kappa shape index (κ2) is 6.80. The molecule has 3 rings (SSSR count). The van der Waals surface area contributed by atoms with Gasteiger partial charge in [-0.1, -0.05) is 62.2 Å². The molecule has 1 aliphatic rings. The minimum absolute atomic E-state index is 0.609. The van der Waals surface area contributed by atoms with Gasteiger partial charge in [-0.15, -0.1) is 0 Å². The van der Waals surface area contributed by atoms with Crippen LogP contribution in [0, 0.1) is 12.8 Å². The predicted octanol–water partition coefficient (Wildman–Crippen LogP) is 5.37. The Morgan fingerprint density at radius 3 is 2.67 bits per heavy atom. The standard InChI is InChI=1S/C20H23O/c1-16-7-5-10-18(13-16)19-11-6-12-20(14-19)21-15-17-8-3-2-4-9-17/h2-4,6,8-9,11-12,14,16,18H,1,5,7,10,13,15H2. The van der Waals surface area contributed by atoms with Crippen LogP contribution in [0.2, 0.25) is 0 Å². The van der Waals surface area contributed by atoms with Crippen LogP contribution in [0.25, 0.3) is 0 Å². The van der Waals surface area contributed by atoms with E-state index in [-0.39, 0.29) is 0 Å². The highest BCUT2D eigenvalue weighted by atomic mass is 16.5. The minimum Gasteiger partial charge on any atom is -0.489 e. The third-order valence-electron chi connectivity index (χ3n) is 4.36. The van der Waals surface area contributed by atoms with Crippen LogP contribution in [0.15, 0.2) is 54.6 Å². The average molecular weight is 279 g/mol. The van der Waals surface area contributed by atoms with E-state index >= 15 is 0 Å². The second-order valence-electron chi connectivity index (χ2n) is 6.08. The molecule has 0 aliphatic heterocycles. The van der Waals surface area contributed by atoms with Crippen molar-refractivity contribution in [2.24, 2.45) is 5.92 Å². The van der Waals surface area contributed by atoms with E-state index in [1.807, 2.05) is 18.2 Å². The Kier molecular flexibility index (Phi) is 4.59. The Hall–Kier alpha value is -1.76. The van der Waals surface area contributed by atoms with Crippen LogP contribution in [0.5, 0.6) is 5.75 Å². The molecule has 1 saturated carbocycles. The van der Waals surface area contributed by atoms with Crippen molar-refractivity contribution in [2.45, 2.75) is 38.2 Å². The van der Waals surface area contributed by atoms with E-state index in [4.69, 9.17) is 4.74 Å². The zero-order chi connectivity index (χ0) is 14.5. The van der Waals surface area contributed by atoms with E-state index in [1.165, 1.54) is 36.8 Å². The molecule has 0 aromatic heterocycles. The smallest absolute Gasteiger partial charge is 0.120 e. The van der Waals surface area contributed by atoms with Crippen LogP contribution in [0.4, 0.5) is 0 Å². The summed E-state index contributed by atoms with van der Waals surface area (Å²) in [6.07, 6.45) is 5.07. The Morgan fingerprint density at radius 1 is 1.00 bits per heavy atom. The first-order valence-electron chi connectivity index (χ1n) is 7.91. The maximum absolute atomic E-state index is 5.93. The number of hydrogen-bond acceptors (Lipinski definition) is 1. The van der Waals surface area contributed by atoms with E-state index in [2.05, 4.69) is 43.3 Å². The molecule has 2 aromatic carbocycles. The van der Waals surface area contributed by atoms with Crippen molar-refractivity contribution >= 4 is 0 Å². The van der Waals surface area contributed by atoms with Crippen molar-refractivity contribution in [3.8, 4) is 5.75 Å². The fourth-order valence-electron chi connectivity index (χ4n) is 3.19. The maximum Gasteiger partial charge on any atom is 0.120 e. The molecule has 0 heterocycles. The van der Waals surface area contributed by atoms with Gasteiger partial charge in [0.1, 0.15) is 12.4 Å². The minimum atomic E-state index is 0.609. The van der Waals surface area contributed by atoms with Crippen LogP contribution in [0.3, 0.4) is 0 Å². The molecule has 0 N–H and O–H groups in total. The SMILES string of the molecule is [CH2]C1CCCC(c2cccc(OCc3ccccc3)c2)C1. The molecule has 0 bridgehead atoms. The van der Waals surface area contributed by atoms with Crippen LogP contribution in [-0.2, 0) is 6.61 Å². The molecule has 2 unspecified atom stereocenters. The third-order valence-corrected chi connectivity index (χ3v) is 4.36. The fraction of sp³-hybridized carbons (Fsp3) is 0.350. The quantitative estimate of drug-likeness (QED) is 0.730. The monoisotopic (exact) mass is 279 g/mol. The number of benzene rings is 2. The van der Waals surface area contributed by atoms with Gasteiger partial charge in [0.15, 0.2) is 0 Å². The Bertz CT molecular complexity index is 561. The van der Waals surface area contributed by atoms with Gasteiger partial charge in [0.25, 0.3) is 0 Å². The molecule has 0 saturated heterocycles. The van der Waals surface area contributed by atoms with Crippen molar-refractivity contribution in [2.75, 3.05) is 0 Å². The van der Waals surface area contributed by atoms with Crippen LogP contribution in [0.1, 0.15) is 42.7 Å². The van der Waals surface area contributed by atoms with E-state index in [9.17, 15) is 0 Å². The topological polar surface area (TPSA) is 9.23 Å². The zero-order valence-corrected chi connectivity index (χ0v) is 12.5. The lowest BCUT2D eigenvalue weighted by Crippen LogP contribution is -2.11. The first-order chi connectivity index (χ1) is 10.3. The molecule has 21 heavy (non-hydrogen) atoms. The second-order valence-corrected chi connectivity index (χ2v) is 6.08. The van der Waals surface area contributed by atoms with E-state index in [0.717, 1.165) is 5.75 Å². The summed E-state index contributed by atoms with van der Waals surface area (Å²) >= 11 is 0. The summed E-state index contributed by atoms with van der Waals surface area (Å²) in [5.41, 5.74) is 2.62. The normalized spacial score (nSPS) is 22.0. The van der Waals surface area contributed by atoms with Gasteiger partial charge in [0, 0.05) is 0 Å². The molecular formula is C20H23O. The zero-order valence-electron chi connectivity index (χ0n) is 12.5. The van der Waals surface area contributed by atoms with Gasteiger partial charge < -0.3 is 4.74 Å². The Labute approximate surface area is 128 Å². The molecule has 2 atom stereocenters. The molecule has 2 aromatic rings. The lowest BCUT2D eigenvalue weighted by Gasteiger charge is -2.27. The molecular weight excluding hydrogens is 256 g/mol. The molecule has 0 amide bonds. The Balaban J connectivity index is 1.65. The lowest BCUT2D eigenvalue weighted by atomic mass is 9.79. The maximum atomic E-state index is 5.93. The van der Waals surface area contributed by atoms with Gasteiger partial charge in [0.2, 0.25) is 0 Å². The van der Waals surface area contributed by atoms with Gasteiger partial charge in [-0.25, -0.2) is 0 Å². The molecule has 0 spiro atoms. The lowest BCUT2D eigenvalue weighted by molar-refractivity contribution is 0.304. The van der Waals surface area contributed by atoms with Gasteiger partial charge in [-0.2, -0.15) is 0 Å². The van der Waals surface area contributed by atoms with Gasteiger partial charge >= 0.3 is 0 Å². The van der Waals surface area contributed by atoms with Gasteiger partial charge in [-0.3, -0.25) is 0 Å². The van der Waals surface area contributed by atoms with Crippen LogP contribution in [-0.4, -0.2) is 0 Å². The molecule has 1 radical (unpaired) electrons.